The average Bonchev–Trinajstić information content (AvgIpc) is 3.33. The second kappa shape index (κ2) is 7.42. The van der Waals surface area contributed by atoms with E-state index in [4.69, 9.17) is 5.10 Å². The molecule has 0 radical (unpaired) electrons. The van der Waals surface area contributed by atoms with Gasteiger partial charge in [-0.15, -0.1) is 11.3 Å². The van der Waals surface area contributed by atoms with E-state index < -0.39 is 0 Å². The number of para-hydroxylation sites is 1. The number of hydrogen-bond acceptors (Lipinski definition) is 4. The molecule has 4 nitrogen and oxygen atoms in total. The van der Waals surface area contributed by atoms with Crippen molar-refractivity contribution in [3.63, 3.8) is 0 Å². The van der Waals surface area contributed by atoms with Gasteiger partial charge in [0.25, 0.3) is 0 Å². The highest BCUT2D eigenvalue weighted by atomic mass is 32.1. The molecule has 0 fully saturated rings. The van der Waals surface area contributed by atoms with Crippen LogP contribution in [0.2, 0.25) is 0 Å². The molecular weight excluding hydrogens is 328 g/mol. The molecule has 0 saturated carbocycles. The van der Waals surface area contributed by atoms with Crippen LogP contribution in [-0.4, -0.2) is 14.8 Å². The lowest BCUT2D eigenvalue weighted by molar-refractivity contribution is 0.701. The Hall–Kier alpha value is -2.76. The van der Waals surface area contributed by atoms with Gasteiger partial charge in [0.1, 0.15) is 0 Å². The lowest BCUT2D eigenvalue weighted by Gasteiger charge is -2.04. The predicted octanol–water partition coefficient (Wildman–Crippen LogP) is 4.29. The Balaban J connectivity index is 1.62. The molecule has 1 aromatic carbocycles. The standard InChI is InChI=1S/C20H18N4S/c1-2-5-18(6-3-1)24-15-17(13-22-14-19-7-4-12-25-19)20(23-24)16-8-10-21-11-9-16/h1-12,15,22H,13-14H2. The minimum absolute atomic E-state index is 0.766. The number of nitrogens with one attached hydrogen (secondary N) is 1. The van der Waals surface area contributed by atoms with Gasteiger partial charge in [0.15, 0.2) is 0 Å². The Morgan fingerprint density at radius 2 is 1.76 bits per heavy atom. The van der Waals surface area contributed by atoms with Crippen molar-refractivity contribution in [3.05, 3.63) is 89.0 Å². The van der Waals surface area contributed by atoms with Gasteiger partial charge in [-0.1, -0.05) is 24.3 Å². The summed E-state index contributed by atoms with van der Waals surface area (Å²) in [5, 5.41) is 10.4. The van der Waals surface area contributed by atoms with E-state index in [0.29, 0.717) is 0 Å². The van der Waals surface area contributed by atoms with Crippen LogP contribution in [0, 0.1) is 0 Å². The van der Waals surface area contributed by atoms with Crippen LogP contribution in [0.5, 0.6) is 0 Å². The minimum atomic E-state index is 0.766. The topological polar surface area (TPSA) is 42.7 Å². The molecule has 1 N–H and O–H groups in total. The van der Waals surface area contributed by atoms with Gasteiger partial charge in [0, 0.05) is 47.7 Å². The molecule has 3 aromatic heterocycles. The minimum Gasteiger partial charge on any atom is -0.308 e. The molecule has 0 unspecified atom stereocenters. The zero-order chi connectivity index (χ0) is 16.9. The Kier molecular flexibility index (Phi) is 4.68. The third-order valence-electron chi connectivity index (χ3n) is 3.96. The Labute approximate surface area is 150 Å². The Bertz CT molecular complexity index is 915. The van der Waals surface area contributed by atoms with Gasteiger partial charge in [-0.25, -0.2) is 4.68 Å². The Morgan fingerprint density at radius 3 is 2.52 bits per heavy atom. The van der Waals surface area contributed by atoms with Crippen LogP contribution in [0.25, 0.3) is 16.9 Å². The largest absolute Gasteiger partial charge is 0.308 e. The highest BCUT2D eigenvalue weighted by molar-refractivity contribution is 7.09. The number of thiophene rings is 1. The molecule has 0 aliphatic rings. The van der Waals surface area contributed by atoms with Crippen molar-refractivity contribution >= 4 is 11.3 Å². The van der Waals surface area contributed by atoms with E-state index in [-0.39, 0.29) is 0 Å². The molecule has 0 aliphatic carbocycles. The van der Waals surface area contributed by atoms with Crippen molar-refractivity contribution in [2.24, 2.45) is 0 Å². The third-order valence-corrected chi connectivity index (χ3v) is 4.84. The number of nitrogens with zero attached hydrogens (tertiary/aromatic N) is 3. The van der Waals surface area contributed by atoms with Gasteiger partial charge >= 0.3 is 0 Å². The summed E-state index contributed by atoms with van der Waals surface area (Å²) >= 11 is 1.77. The molecule has 0 spiro atoms. The van der Waals surface area contributed by atoms with Crippen molar-refractivity contribution in [3.8, 4) is 16.9 Å². The van der Waals surface area contributed by atoms with Crippen LogP contribution >= 0.6 is 11.3 Å². The van der Waals surface area contributed by atoms with E-state index >= 15 is 0 Å². The third kappa shape index (κ3) is 3.68. The summed E-state index contributed by atoms with van der Waals surface area (Å²) in [6.07, 6.45) is 5.71. The maximum absolute atomic E-state index is 4.82. The van der Waals surface area contributed by atoms with Gasteiger partial charge in [0.05, 0.1) is 11.4 Å². The van der Waals surface area contributed by atoms with Crippen LogP contribution in [0.4, 0.5) is 0 Å². The fraction of sp³-hybridized carbons (Fsp3) is 0.100. The van der Waals surface area contributed by atoms with Gasteiger partial charge in [0.2, 0.25) is 0 Å². The van der Waals surface area contributed by atoms with E-state index in [2.05, 4.69) is 46.1 Å². The second-order valence-electron chi connectivity index (χ2n) is 5.70. The molecule has 5 heteroatoms. The van der Waals surface area contributed by atoms with Crippen LogP contribution in [0.1, 0.15) is 10.4 Å². The van der Waals surface area contributed by atoms with Gasteiger partial charge < -0.3 is 5.32 Å². The SMILES string of the molecule is c1ccc(-n2cc(CNCc3cccs3)c(-c3ccncc3)n2)cc1. The zero-order valence-electron chi connectivity index (χ0n) is 13.7. The van der Waals surface area contributed by atoms with Crippen molar-refractivity contribution in [1.29, 1.82) is 0 Å². The average molecular weight is 346 g/mol. The maximum atomic E-state index is 4.82. The Morgan fingerprint density at radius 1 is 0.920 bits per heavy atom. The molecule has 0 amide bonds. The van der Waals surface area contributed by atoms with Crippen LogP contribution in [-0.2, 0) is 13.1 Å². The molecule has 4 aromatic rings. The van der Waals surface area contributed by atoms with E-state index in [1.54, 1.807) is 23.7 Å². The summed E-state index contributed by atoms with van der Waals surface area (Å²) in [4.78, 5) is 5.45. The fourth-order valence-corrected chi connectivity index (χ4v) is 3.41. The second-order valence-corrected chi connectivity index (χ2v) is 6.73. The molecule has 3 heterocycles. The summed E-state index contributed by atoms with van der Waals surface area (Å²) in [5.74, 6) is 0. The lowest BCUT2D eigenvalue weighted by atomic mass is 10.1. The number of hydrogen-bond donors (Lipinski definition) is 1. The fourth-order valence-electron chi connectivity index (χ4n) is 2.74. The van der Waals surface area contributed by atoms with E-state index in [1.165, 1.54) is 10.4 Å². The zero-order valence-corrected chi connectivity index (χ0v) is 14.5. The van der Waals surface area contributed by atoms with Crippen molar-refractivity contribution in [2.75, 3.05) is 0 Å². The molecule has 124 valence electrons. The summed E-state index contributed by atoms with van der Waals surface area (Å²) in [5.41, 5.74) is 4.30. The first-order chi connectivity index (χ1) is 12.4. The quantitative estimate of drug-likeness (QED) is 0.566. The number of aromatic nitrogens is 3. The highest BCUT2D eigenvalue weighted by Crippen LogP contribution is 2.23. The predicted molar refractivity (Wildman–Crippen MR) is 102 cm³/mol. The molecule has 0 aliphatic heterocycles. The summed E-state index contributed by atoms with van der Waals surface area (Å²) in [7, 11) is 0. The first kappa shape index (κ1) is 15.7. The molecule has 25 heavy (non-hydrogen) atoms. The molecular formula is C20H18N4S. The van der Waals surface area contributed by atoms with E-state index in [0.717, 1.165) is 30.0 Å². The molecule has 0 saturated heterocycles. The maximum Gasteiger partial charge on any atom is 0.0973 e. The summed E-state index contributed by atoms with van der Waals surface area (Å²) in [6.45, 7) is 1.63. The van der Waals surface area contributed by atoms with E-state index in [9.17, 15) is 0 Å². The molecule has 0 atom stereocenters. The van der Waals surface area contributed by atoms with Crippen LogP contribution in [0.15, 0.2) is 78.6 Å². The summed E-state index contributed by atoms with van der Waals surface area (Å²) < 4.78 is 1.94. The summed E-state index contributed by atoms with van der Waals surface area (Å²) in [6, 6.07) is 18.4. The monoisotopic (exact) mass is 346 g/mol. The lowest BCUT2D eigenvalue weighted by Crippen LogP contribution is -2.11. The van der Waals surface area contributed by atoms with Crippen molar-refractivity contribution in [2.45, 2.75) is 13.1 Å². The first-order valence-electron chi connectivity index (χ1n) is 8.17. The smallest absolute Gasteiger partial charge is 0.0973 e. The van der Waals surface area contributed by atoms with Crippen LogP contribution in [0.3, 0.4) is 0 Å². The van der Waals surface area contributed by atoms with Gasteiger partial charge in [-0.2, -0.15) is 5.10 Å². The van der Waals surface area contributed by atoms with Gasteiger partial charge in [-0.05, 0) is 35.7 Å². The molecule has 0 bridgehead atoms. The van der Waals surface area contributed by atoms with E-state index in [1.807, 2.05) is 35.0 Å². The number of benzene rings is 1. The highest BCUT2D eigenvalue weighted by Gasteiger charge is 2.12. The van der Waals surface area contributed by atoms with Gasteiger partial charge in [-0.3, -0.25) is 4.98 Å². The van der Waals surface area contributed by atoms with Crippen molar-refractivity contribution in [1.82, 2.24) is 20.1 Å². The number of rotatable bonds is 6. The normalized spacial score (nSPS) is 10.9. The molecule has 4 rings (SSSR count). The number of pyridine rings is 1. The van der Waals surface area contributed by atoms with Crippen LogP contribution < -0.4 is 5.32 Å². The first-order valence-corrected chi connectivity index (χ1v) is 9.05. The van der Waals surface area contributed by atoms with Crippen molar-refractivity contribution < 1.29 is 0 Å².